The van der Waals surface area contributed by atoms with Gasteiger partial charge in [-0.1, -0.05) is 17.7 Å². The summed E-state index contributed by atoms with van der Waals surface area (Å²) >= 11 is 7.20. The first-order chi connectivity index (χ1) is 9.08. The van der Waals surface area contributed by atoms with Crippen molar-refractivity contribution >= 4 is 22.9 Å². The lowest BCUT2D eigenvalue weighted by molar-refractivity contribution is 0.171. The molecule has 2 atom stereocenters. The van der Waals surface area contributed by atoms with Crippen LogP contribution in [0.15, 0.2) is 35.0 Å². The fraction of sp³-hybridized carbons (Fsp3) is 0.286. The highest BCUT2D eigenvalue weighted by Gasteiger charge is 2.12. The van der Waals surface area contributed by atoms with Crippen LogP contribution in [0.1, 0.15) is 30.2 Å². The molecule has 5 heteroatoms. The van der Waals surface area contributed by atoms with Gasteiger partial charge in [-0.05, 0) is 47.0 Å². The van der Waals surface area contributed by atoms with Gasteiger partial charge in [0.2, 0.25) is 0 Å². The van der Waals surface area contributed by atoms with E-state index in [9.17, 15) is 9.50 Å². The van der Waals surface area contributed by atoms with Crippen LogP contribution in [0.5, 0.6) is 0 Å². The topological polar surface area (TPSA) is 32.3 Å². The molecule has 0 bridgehead atoms. The van der Waals surface area contributed by atoms with Crippen molar-refractivity contribution in [2.75, 3.05) is 6.54 Å². The third-order valence-corrected chi connectivity index (χ3v) is 4.00. The smallest absolute Gasteiger partial charge is 0.142 e. The summed E-state index contributed by atoms with van der Waals surface area (Å²) in [7, 11) is 0. The third-order valence-electron chi connectivity index (χ3n) is 2.99. The van der Waals surface area contributed by atoms with E-state index < -0.39 is 11.9 Å². The van der Waals surface area contributed by atoms with Crippen molar-refractivity contribution in [2.45, 2.75) is 19.1 Å². The quantitative estimate of drug-likeness (QED) is 0.877. The number of thiophene rings is 1. The molecule has 2 N–H and O–H groups in total. The molecule has 2 nitrogen and oxygen atoms in total. The Bertz CT molecular complexity index is 532. The van der Waals surface area contributed by atoms with E-state index in [1.165, 1.54) is 6.07 Å². The minimum atomic E-state index is -0.550. The summed E-state index contributed by atoms with van der Waals surface area (Å²) < 4.78 is 13.4. The number of aliphatic hydroxyl groups is 1. The Hall–Kier alpha value is -0.940. The number of hydrogen-bond donors (Lipinski definition) is 2. The normalized spacial score (nSPS) is 14.3. The summed E-state index contributed by atoms with van der Waals surface area (Å²) in [6.45, 7) is 2.34. The highest BCUT2D eigenvalue weighted by molar-refractivity contribution is 7.07. The van der Waals surface area contributed by atoms with Crippen LogP contribution in [-0.2, 0) is 0 Å². The van der Waals surface area contributed by atoms with E-state index in [4.69, 9.17) is 11.6 Å². The SMILES string of the molecule is CC(NCC(O)c1ccsc1)c1ccc(Cl)c(F)c1. The van der Waals surface area contributed by atoms with Crippen molar-refractivity contribution in [3.8, 4) is 0 Å². The van der Waals surface area contributed by atoms with E-state index in [0.29, 0.717) is 6.54 Å². The van der Waals surface area contributed by atoms with Gasteiger partial charge in [-0.3, -0.25) is 0 Å². The second-order valence-electron chi connectivity index (χ2n) is 4.38. The molecule has 0 spiro atoms. The van der Waals surface area contributed by atoms with Crippen molar-refractivity contribution in [1.29, 1.82) is 0 Å². The Balaban J connectivity index is 1.93. The zero-order valence-electron chi connectivity index (χ0n) is 10.4. The van der Waals surface area contributed by atoms with Gasteiger partial charge in [-0.25, -0.2) is 4.39 Å². The van der Waals surface area contributed by atoms with Crippen LogP contribution in [0.3, 0.4) is 0 Å². The lowest BCUT2D eigenvalue weighted by atomic mass is 10.1. The maximum Gasteiger partial charge on any atom is 0.142 e. The van der Waals surface area contributed by atoms with Crippen molar-refractivity contribution in [3.05, 3.63) is 57.0 Å². The Morgan fingerprint density at radius 1 is 1.37 bits per heavy atom. The van der Waals surface area contributed by atoms with Crippen molar-refractivity contribution in [3.63, 3.8) is 0 Å². The van der Waals surface area contributed by atoms with Gasteiger partial charge < -0.3 is 10.4 Å². The van der Waals surface area contributed by atoms with Crippen molar-refractivity contribution in [2.24, 2.45) is 0 Å². The molecule has 0 aliphatic heterocycles. The molecule has 0 fully saturated rings. The largest absolute Gasteiger partial charge is 0.387 e. The van der Waals surface area contributed by atoms with E-state index in [-0.39, 0.29) is 11.1 Å². The minimum absolute atomic E-state index is 0.0555. The molecule has 1 aromatic carbocycles. The molecule has 102 valence electrons. The van der Waals surface area contributed by atoms with E-state index >= 15 is 0 Å². The summed E-state index contributed by atoms with van der Waals surface area (Å²) in [6.07, 6.45) is -0.550. The van der Waals surface area contributed by atoms with Gasteiger partial charge in [-0.15, -0.1) is 0 Å². The molecule has 0 saturated carbocycles. The molecule has 19 heavy (non-hydrogen) atoms. The molecule has 0 radical (unpaired) electrons. The summed E-state index contributed by atoms with van der Waals surface area (Å²) in [6, 6.07) is 6.57. The molecule has 0 aliphatic carbocycles. The lowest BCUT2D eigenvalue weighted by Crippen LogP contribution is -2.24. The molecular weight excluding hydrogens is 285 g/mol. The van der Waals surface area contributed by atoms with Gasteiger partial charge in [0, 0.05) is 12.6 Å². The van der Waals surface area contributed by atoms with Gasteiger partial charge in [-0.2, -0.15) is 11.3 Å². The minimum Gasteiger partial charge on any atom is -0.387 e. The zero-order valence-corrected chi connectivity index (χ0v) is 12.0. The average Bonchev–Trinajstić information content (AvgIpc) is 2.92. The van der Waals surface area contributed by atoms with Crippen LogP contribution in [0, 0.1) is 5.82 Å². The van der Waals surface area contributed by atoms with Crippen LogP contribution >= 0.6 is 22.9 Å². The average molecular weight is 300 g/mol. The number of nitrogens with one attached hydrogen (secondary N) is 1. The summed E-state index contributed by atoms with van der Waals surface area (Å²) in [5.74, 6) is -0.425. The third kappa shape index (κ3) is 3.76. The first-order valence-electron chi connectivity index (χ1n) is 5.96. The molecule has 0 saturated heterocycles. The molecule has 1 aromatic heterocycles. The second-order valence-corrected chi connectivity index (χ2v) is 5.56. The summed E-state index contributed by atoms with van der Waals surface area (Å²) in [4.78, 5) is 0. The summed E-state index contributed by atoms with van der Waals surface area (Å²) in [5, 5.41) is 17.1. The van der Waals surface area contributed by atoms with Gasteiger partial charge >= 0.3 is 0 Å². The molecule has 1 heterocycles. The van der Waals surface area contributed by atoms with Gasteiger partial charge in [0.1, 0.15) is 5.82 Å². The summed E-state index contributed by atoms with van der Waals surface area (Å²) in [5.41, 5.74) is 1.70. The molecule has 2 rings (SSSR count). The molecule has 0 aliphatic rings. The van der Waals surface area contributed by atoms with E-state index in [2.05, 4.69) is 5.32 Å². The van der Waals surface area contributed by atoms with Gasteiger partial charge in [0.05, 0.1) is 11.1 Å². The van der Waals surface area contributed by atoms with Crippen LogP contribution in [-0.4, -0.2) is 11.7 Å². The Morgan fingerprint density at radius 3 is 2.79 bits per heavy atom. The van der Waals surface area contributed by atoms with E-state index in [1.807, 2.05) is 23.8 Å². The first-order valence-corrected chi connectivity index (χ1v) is 7.28. The predicted molar refractivity (Wildman–Crippen MR) is 77.1 cm³/mol. The molecular formula is C14H15ClFNOS. The number of aliphatic hydroxyl groups excluding tert-OH is 1. The maximum atomic E-state index is 13.4. The Labute approximate surface area is 120 Å². The highest BCUT2D eigenvalue weighted by Crippen LogP contribution is 2.21. The highest BCUT2D eigenvalue weighted by atomic mass is 35.5. The van der Waals surface area contributed by atoms with Crippen LogP contribution in [0.25, 0.3) is 0 Å². The van der Waals surface area contributed by atoms with Gasteiger partial charge in [0.25, 0.3) is 0 Å². The number of hydrogen-bond acceptors (Lipinski definition) is 3. The fourth-order valence-electron chi connectivity index (χ4n) is 1.77. The number of rotatable bonds is 5. The molecule has 2 unspecified atom stereocenters. The fourth-order valence-corrected chi connectivity index (χ4v) is 2.60. The first kappa shape index (κ1) is 14.5. The zero-order chi connectivity index (χ0) is 13.8. The van der Waals surface area contributed by atoms with Crippen molar-refractivity contribution < 1.29 is 9.50 Å². The van der Waals surface area contributed by atoms with E-state index in [1.54, 1.807) is 23.5 Å². The Morgan fingerprint density at radius 2 is 2.16 bits per heavy atom. The van der Waals surface area contributed by atoms with Crippen LogP contribution < -0.4 is 5.32 Å². The van der Waals surface area contributed by atoms with Crippen LogP contribution in [0.2, 0.25) is 5.02 Å². The standard InChI is InChI=1S/C14H15ClFNOS/c1-9(10-2-3-12(15)13(16)6-10)17-7-14(18)11-4-5-19-8-11/h2-6,8-9,14,17-18H,7H2,1H3. The van der Waals surface area contributed by atoms with Gasteiger partial charge in [0.15, 0.2) is 0 Å². The van der Waals surface area contributed by atoms with E-state index in [0.717, 1.165) is 11.1 Å². The lowest BCUT2D eigenvalue weighted by Gasteiger charge is -2.17. The number of benzene rings is 1. The Kier molecular flexibility index (Phi) is 4.93. The van der Waals surface area contributed by atoms with Crippen LogP contribution in [0.4, 0.5) is 4.39 Å². The number of halogens is 2. The monoisotopic (exact) mass is 299 g/mol. The molecule has 2 aromatic rings. The van der Waals surface area contributed by atoms with Crippen molar-refractivity contribution in [1.82, 2.24) is 5.32 Å². The maximum absolute atomic E-state index is 13.4. The predicted octanol–water partition coefficient (Wildman–Crippen LogP) is 3.92. The molecule has 0 amide bonds. The second kappa shape index (κ2) is 6.48.